The molecule has 19 heavy (non-hydrogen) atoms. The van der Waals surface area contributed by atoms with Crippen LogP contribution in [0.2, 0.25) is 5.28 Å². The van der Waals surface area contributed by atoms with E-state index in [1.807, 2.05) is 14.9 Å². The second-order valence-electron chi connectivity index (χ2n) is 5.07. The highest BCUT2D eigenvalue weighted by Crippen LogP contribution is 2.30. The maximum absolute atomic E-state index is 5.99. The Hall–Kier alpha value is -1.23. The van der Waals surface area contributed by atoms with Crippen molar-refractivity contribution in [2.24, 2.45) is 0 Å². The fourth-order valence-electron chi connectivity index (χ4n) is 2.56. The van der Waals surface area contributed by atoms with Crippen molar-refractivity contribution in [3.8, 4) is 0 Å². The molecule has 4 nitrogen and oxygen atoms in total. The van der Waals surface area contributed by atoms with Gasteiger partial charge in [0.1, 0.15) is 19.5 Å². The van der Waals surface area contributed by atoms with Crippen molar-refractivity contribution in [1.29, 1.82) is 0 Å². The fourth-order valence-corrected chi connectivity index (χ4v) is 2.73. The lowest BCUT2D eigenvalue weighted by atomic mass is 9.89. The summed E-state index contributed by atoms with van der Waals surface area (Å²) in [5.41, 5.74) is 1.86. The van der Waals surface area contributed by atoms with Crippen molar-refractivity contribution in [1.82, 2.24) is 9.97 Å². The molecule has 0 spiro atoms. The van der Waals surface area contributed by atoms with Crippen molar-refractivity contribution in [2.75, 3.05) is 17.7 Å². The molecule has 0 aliphatic heterocycles. The Bertz CT molecular complexity index is 472. The number of anilines is 2. The molecule has 1 heterocycles. The van der Waals surface area contributed by atoms with E-state index in [2.05, 4.69) is 27.2 Å². The Morgan fingerprint density at radius 2 is 1.89 bits per heavy atom. The van der Waals surface area contributed by atoms with Crippen LogP contribution in [-0.2, 0) is 0 Å². The van der Waals surface area contributed by atoms with Crippen molar-refractivity contribution in [3.05, 3.63) is 17.4 Å². The van der Waals surface area contributed by atoms with Gasteiger partial charge >= 0.3 is 0 Å². The van der Waals surface area contributed by atoms with E-state index in [1.54, 1.807) is 0 Å². The average molecular weight is 279 g/mol. The smallest absolute Gasteiger partial charge is 0.226 e. The number of nitrogens with zero attached hydrogens (tertiary/aromatic N) is 2. The second kappa shape index (κ2) is 6.28. The van der Waals surface area contributed by atoms with Crippen LogP contribution < -0.4 is 10.6 Å². The minimum atomic E-state index is 0.257. The Morgan fingerprint density at radius 1 is 1.26 bits per heavy atom. The molecule has 2 rings (SSSR count). The monoisotopic (exact) mass is 278 g/mol. The summed E-state index contributed by atoms with van der Waals surface area (Å²) in [4.78, 5) is 8.55. The van der Waals surface area contributed by atoms with Crippen LogP contribution in [0.25, 0.3) is 5.47 Å². The molecule has 2 N–H and O–H groups in total. The molecule has 1 fully saturated rings. The molecule has 0 unspecified atom stereocenters. The van der Waals surface area contributed by atoms with E-state index in [4.69, 9.17) is 11.6 Å². The Morgan fingerprint density at radius 3 is 2.47 bits per heavy atom. The third kappa shape index (κ3) is 3.41. The molecule has 0 saturated heterocycles. The first kappa shape index (κ1) is 14.2. The van der Waals surface area contributed by atoms with Crippen LogP contribution in [0.4, 0.5) is 11.6 Å². The number of hydrogen-bond donors (Lipinski definition) is 2. The minimum absolute atomic E-state index is 0.257. The van der Waals surface area contributed by atoms with Crippen molar-refractivity contribution in [2.45, 2.75) is 38.1 Å². The maximum atomic E-state index is 5.99. The van der Waals surface area contributed by atoms with Gasteiger partial charge in [0.25, 0.3) is 0 Å². The van der Waals surface area contributed by atoms with Crippen LogP contribution in [-0.4, -0.2) is 30.9 Å². The van der Waals surface area contributed by atoms with Gasteiger partial charge in [0.05, 0.1) is 5.56 Å². The van der Waals surface area contributed by atoms with Gasteiger partial charge in [-0.25, -0.2) is 9.97 Å². The molecule has 0 atom stereocenters. The number of rotatable bonds is 4. The van der Waals surface area contributed by atoms with Crippen LogP contribution in [0.3, 0.4) is 0 Å². The molecular formula is C13H20BClN4. The van der Waals surface area contributed by atoms with Gasteiger partial charge in [-0.1, -0.05) is 24.7 Å². The van der Waals surface area contributed by atoms with Crippen LogP contribution in [0, 0.1) is 0 Å². The van der Waals surface area contributed by atoms with E-state index in [0.717, 1.165) is 22.7 Å². The van der Waals surface area contributed by atoms with Crippen LogP contribution >= 0.6 is 11.6 Å². The Balaban J connectivity index is 2.31. The summed E-state index contributed by atoms with van der Waals surface area (Å²) in [5, 5.41) is 6.83. The lowest BCUT2D eigenvalue weighted by molar-refractivity contribution is 0.462. The van der Waals surface area contributed by atoms with Crippen LogP contribution in [0.5, 0.6) is 0 Å². The Labute approximate surface area is 120 Å². The van der Waals surface area contributed by atoms with Gasteiger partial charge in [-0.3, -0.25) is 0 Å². The topological polar surface area (TPSA) is 49.8 Å². The van der Waals surface area contributed by atoms with E-state index in [1.165, 1.54) is 32.1 Å². The van der Waals surface area contributed by atoms with Gasteiger partial charge < -0.3 is 10.6 Å². The van der Waals surface area contributed by atoms with Gasteiger partial charge in [-0.05, 0) is 24.4 Å². The van der Waals surface area contributed by atoms with Gasteiger partial charge in [-0.15, -0.1) is 6.58 Å². The van der Waals surface area contributed by atoms with Crippen molar-refractivity contribution >= 4 is 36.6 Å². The molecule has 6 heteroatoms. The third-order valence-corrected chi connectivity index (χ3v) is 3.66. The summed E-state index contributed by atoms with van der Waals surface area (Å²) in [6.45, 7) is 4.01. The summed E-state index contributed by atoms with van der Waals surface area (Å²) in [7, 11) is 3.79. The van der Waals surface area contributed by atoms with Gasteiger partial charge in [0.2, 0.25) is 5.28 Å². The number of aromatic nitrogens is 2. The third-order valence-electron chi connectivity index (χ3n) is 3.49. The zero-order chi connectivity index (χ0) is 13.8. The second-order valence-corrected chi connectivity index (χ2v) is 5.41. The SMILES string of the molecule is BC(=C)c1c(NC)nc(Cl)nc1NC1CCCCC1. The molecule has 0 amide bonds. The summed E-state index contributed by atoms with van der Waals surface area (Å²) < 4.78 is 0. The molecule has 1 aliphatic carbocycles. The Kier molecular flexibility index (Phi) is 4.69. The lowest BCUT2D eigenvalue weighted by Crippen LogP contribution is -2.24. The van der Waals surface area contributed by atoms with E-state index in [9.17, 15) is 0 Å². The molecule has 102 valence electrons. The molecule has 0 radical (unpaired) electrons. The molecule has 1 aromatic rings. The normalized spacial score (nSPS) is 16.1. The van der Waals surface area contributed by atoms with Gasteiger partial charge in [0.15, 0.2) is 0 Å². The molecule has 0 bridgehead atoms. The van der Waals surface area contributed by atoms with E-state index in [-0.39, 0.29) is 5.28 Å². The highest BCUT2D eigenvalue weighted by atomic mass is 35.5. The summed E-state index contributed by atoms with van der Waals surface area (Å²) in [5.74, 6) is 1.52. The number of halogens is 1. The van der Waals surface area contributed by atoms with Crippen molar-refractivity contribution in [3.63, 3.8) is 0 Å². The highest BCUT2D eigenvalue weighted by Gasteiger charge is 2.18. The van der Waals surface area contributed by atoms with Gasteiger partial charge in [-0.2, -0.15) is 0 Å². The van der Waals surface area contributed by atoms with Crippen molar-refractivity contribution < 1.29 is 0 Å². The van der Waals surface area contributed by atoms with Crippen LogP contribution in [0.15, 0.2) is 6.58 Å². The summed E-state index contributed by atoms with van der Waals surface area (Å²) in [6.07, 6.45) is 6.26. The first-order valence-electron chi connectivity index (χ1n) is 6.79. The fraction of sp³-hybridized carbons (Fsp3) is 0.538. The largest absolute Gasteiger partial charge is 0.372 e. The lowest BCUT2D eigenvalue weighted by Gasteiger charge is -2.25. The zero-order valence-corrected chi connectivity index (χ0v) is 12.3. The molecule has 1 aromatic heterocycles. The average Bonchev–Trinajstić information content (AvgIpc) is 2.38. The van der Waals surface area contributed by atoms with Gasteiger partial charge in [0, 0.05) is 13.1 Å². The quantitative estimate of drug-likeness (QED) is 0.656. The highest BCUT2D eigenvalue weighted by molar-refractivity contribution is 6.43. The molecule has 1 aliphatic rings. The predicted molar refractivity (Wildman–Crippen MR) is 84.7 cm³/mol. The van der Waals surface area contributed by atoms with E-state index >= 15 is 0 Å². The van der Waals surface area contributed by atoms with E-state index in [0.29, 0.717) is 6.04 Å². The molecule has 1 saturated carbocycles. The number of nitrogens with one attached hydrogen (secondary N) is 2. The zero-order valence-electron chi connectivity index (χ0n) is 11.6. The summed E-state index contributed by atoms with van der Waals surface area (Å²) in [6, 6.07) is 0.475. The first-order chi connectivity index (χ1) is 9.11. The minimum Gasteiger partial charge on any atom is -0.372 e. The molecule has 0 aromatic carbocycles. The number of hydrogen-bond acceptors (Lipinski definition) is 4. The maximum Gasteiger partial charge on any atom is 0.226 e. The summed E-state index contributed by atoms with van der Waals surface area (Å²) >= 11 is 5.99. The van der Waals surface area contributed by atoms with E-state index < -0.39 is 0 Å². The first-order valence-corrected chi connectivity index (χ1v) is 7.17. The standard InChI is InChI=1S/C13H20BClN4/c1-8(14)10-11(16-2)18-13(15)19-12(10)17-9-6-4-3-5-7-9/h9H,1,3-7,14H2,2H3,(H2,16,17,18,19). The van der Waals surface area contributed by atoms with Crippen LogP contribution in [0.1, 0.15) is 37.7 Å². The predicted octanol–water partition coefficient (Wildman–Crippen LogP) is 2.52. The molecular weight excluding hydrogens is 258 g/mol.